The lowest BCUT2D eigenvalue weighted by Crippen LogP contribution is -2.47. The minimum atomic E-state index is -0.419. The zero-order valence-corrected chi connectivity index (χ0v) is 17.9. The zero-order valence-electron chi connectivity index (χ0n) is 17.1. The van der Waals surface area contributed by atoms with E-state index in [1.165, 1.54) is 16.2 Å². The summed E-state index contributed by atoms with van der Waals surface area (Å²) in [4.78, 5) is 16.4. The molecule has 2 aromatic carbocycles. The van der Waals surface area contributed by atoms with E-state index in [2.05, 4.69) is 44.2 Å². The lowest BCUT2D eigenvalue weighted by molar-refractivity contribution is -0.128. The number of benzene rings is 2. The number of carbonyl (C=O) groups excluding carboxylic acids is 1. The minimum Gasteiger partial charge on any atom is -0.493 e. The van der Waals surface area contributed by atoms with Gasteiger partial charge >= 0.3 is 5.97 Å². The molecule has 1 fully saturated rings. The molecule has 2 aliphatic heterocycles. The molecule has 1 saturated heterocycles. The fourth-order valence-corrected chi connectivity index (χ4v) is 4.71. The highest BCUT2D eigenvalue weighted by atomic mass is 32.1. The molecule has 0 radical (unpaired) electrons. The van der Waals surface area contributed by atoms with Crippen LogP contribution < -0.4 is 14.4 Å². The summed E-state index contributed by atoms with van der Waals surface area (Å²) in [7, 11) is 0. The summed E-state index contributed by atoms with van der Waals surface area (Å²) in [5.41, 5.74) is 3.62. The van der Waals surface area contributed by atoms with Crippen molar-refractivity contribution in [3.05, 3.63) is 59.8 Å². The molecule has 158 valence electrons. The van der Waals surface area contributed by atoms with Crippen molar-refractivity contribution in [3.8, 4) is 11.5 Å². The van der Waals surface area contributed by atoms with Crippen molar-refractivity contribution in [1.29, 1.82) is 0 Å². The van der Waals surface area contributed by atoms with Gasteiger partial charge in [0.1, 0.15) is 17.3 Å². The molecule has 0 aliphatic carbocycles. The zero-order chi connectivity index (χ0) is 21.0. The third-order valence-electron chi connectivity index (χ3n) is 5.55. The van der Waals surface area contributed by atoms with E-state index in [4.69, 9.17) is 9.47 Å². The lowest BCUT2D eigenvalue weighted by Gasteiger charge is -2.35. The van der Waals surface area contributed by atoms with Crippen LogP contribution in [0.15, 0.2) is 54.3 Å². The summed E-state index contributed by atoms with van der Waals surface area (Å²) in [5, 5.41) is 1.26. The summed E-state index contributed by atoms with van der Waals surface area (Å²) >= 11 is 1.58. The molecule has 31 heavy (non-hydrogen) atoms. The Morgan fingerprint density at radius 1 is 1.10 bits per heavy atom. The average molecular weight is 434 g/mol. The molecule has 3 heterocycles. The molecule has 6 nitrogen and oxygen atoms in total. The first-order valence-corrected chi connectivity index (χ1v) is 11.3. The van der Waals surface area contributed by atoms with Crippen LogP contribution in [0.5, 0.6) is 11.5 Å². The highest BCUT2D eigenvalue weighted by molar-refractivity contribution is 7.13. The Morgan fingerprint density at radius 2 is 1.97 bits per heavy atom. The SMILES string of the molecule is O=C1C=C=Cc2ccc(OCCCN3CCN(c4nsc5ccccc45)CC3)cc2O1. The number of anilines is 1. The number of ether oxygens (including phenoxy) is 2. The number of esters is 1. The second-order valence-corrected chi connectivity index (χ2v) is 8.41. The van der Waals surface area contributed by atoms with Gasteiger partial charge in [0.05, 0.1) is 17.4 Å². The highest BCUT2D eigenvalue weighted by Crippen LogP contribution is 2.30. The first-order valence-electron chi connectivity index (χ1n) is 10.5. The summed E-state index contributed by atoms with van der Waals surface area (Å²) in [6.45, 7) is 5.66. The quantitative estimate of drug-likeness (QED) is 0.254. The average Bonchev–Trinajstić information content (AvgIpc) is 3.13. The van der Waals surface area contributed by atoms with E-state index < -0.39 is 5.97 Å². The maximum absolute atomic E-state index is 11.5. The van der Waals surface area contributed by atoms with E-state index >= 15 is 0 Å². The van der Waals surface area contributed by atoms with Crippen LogP contribution in [0.3, 0.4) is 0 Å². The molecule has 3 aromatic rings. The Hall–Kier alpha value is -3.12. The molecule has 0 N–H and O–H groups in total. The molecule has 0 unspecified atom stereocenters. The molecule has 5 rings (SSSR count). The van der Waals surface area contributed by atoms with Gasteiger partial charge < -0.3 is 14.4 Å². The highest BCUT2D eigenvalue weighted by Gasteiger charge is 2.20. The van der Waals surface area contributed by atoms with Gasteiger partial charge in [-0.05, 0) is 48.3 Å². The van der Waals surface area contributed by atoms with E-state index in [0.29, 0.717) is 18.1 Å². The van der Waals surface area contributed by atoms with Crippen LogP contribution in [0.2, 0.25) is 0 Å². The van der Waals surface area contributed by atoms with Crippen molar-refractivity contribution in [1.82, 2.24) is 9.27 Å². The summed E-state index contributed by atoms with van der Waals surface area (Å²) < 4.78 is 17.1. The fourth-order valence-electron chi connectivity index (χ4n) is 3.91. The second-order valence-electron chi connectivity index (χ2n) is 7.61. The van der Waals surface area contributed by atoms with Crippen molar-refractivity contribution in [2.75, 3.05) is 44.2 Å². The second kappa shape index (κ2) is 8.94. The number of fused-ring (bicyclic) bond motifs is 2. The van der Waals surface area contributed by atoms with E-state index in [-0.39, 0.29) is 0 Å². The number of nitrogens with zero attached hydrogens (tertiary/aromatic N) is 3. The van der Waals surface area contributed by atoms with Crippen LogP contribution in [-0.2, 0) is 4.79 Å². The lowest BCUT2D eigenvalue weighted by atomic mass is 10.2. The number of rotatable bonds is 6. The van der Waals surface area contributed by atoms with Crippen LogP contribution in [0.25, 0.3) is 16.2 Å². The van der Waals surface area contributed by atoms with Gasteiger partial charge in [-0.2, -0.15) is 4.37 Å². The van der Waals surface area contributed by atoms with Gasteiger partial charge in [-0.1, -0.05) is 12.1 Å². The molecular weight excluding hydrogens is 410 g/mol. The fraction of sp³-hybridized carbons (Fsp3) is 0.292. The minimum absolute atomic E-state index is 0.419. The van der Waals surface area contributed by atoms with Crippen LogP contribution in [0.4, 0.5) is 5.82 Å². The number of piperazine rings is 1. The van der Waals surface area contributed by atoms with Gasteiger partial charge in [-0.25, -0.2) is 4.79 Å². The van der Waals surface area contributed by atoms with Gasteiger partial charge in [0.2, 0.25) is 0 Å². The molecule has 2 aliphatic rings. The van der Waals surface area contributed by atoms with Crippen molar-refractivity contribution in [3.63, 3.8) is 0 Å². The van der Waals surface area contributed by atoms with Gasteiger partial charge in [-0.15, -0.1) is 5.73 Å². The third-order valence-corrected chi connectivity index (χ3v) is 6.37. The van der Waals surface area contributed by atoms with Crippen LogP contribution >= 0.6 is 11.5 Å². The Morgan fingerprint density at radius 3 is 2.87 bits per heavy atom. The van der Waals surface area contributed by atoms with Crippen molar-refractivity contribution in [2.24, 2.45) is 0 Å². The predicted molar refractivity (Wildman–Crippen MR) is 123 cm³/mol. The first-order chi connectivity index (χ1) is 15.3. The van der Waals surface area contributed by atoms with Gasteiger partial charge in [-0.3, -0.25) is 4.90 Å². The van der Waals surface area contributed by atoms with Gasteiger partial charge in [0.25, 0.3) is 0 Å². The number of carbonyl (C=O) groups is 1. The maximum atomic E-state index is 11.5. The normalized spacial score (nSPS) is 16.3. The molecule has 0 spiro atoms. The summed E-state index contributed by atoms with van der Waals surface area (Å²) in [5.74, 6) is 1.92. The van der Waals surface area contributed by atoms with E-state index in [0.717, 1.165) is 50.5 Å². The number of hydrogen-bond donors (Lipinski definition) is 0. The number of hydrogen-bond acceptors (Lipinski definition) is 7. The topological polar surface area (TPSA) is 54.9 Å². The smallest absolute Gasteiger partial charge is 0.344 e. The Kier molecular flexibility index (Phi) is 5.71. The Labute approximate surface area is 185 Å². The van der Waals surface area contributed by atoms with Crippen LogP contribution in [-0.4, -0.2) is 54.6 Å². The van der Waals surface area contributed by atoms with Crippen LogP contribution in [0.1, 0.15) is 12.0 Å². The summed E-state index contributed by atoms with van der Waals surface area (Å²) in [6.07, 6.45) is 3.97. The molecule has 0 atom stereocenters. The van der Waals surface area contributed by atoms with E-state index in [1.54, 1.807) is 23.7 Å². The molecular formula is C24H23N3O3S. The van der Waals surface area contributed by atoms with E-state index in [9.17, 15) is 4.79 Å². The Bertz CT molecular complexity index is 1160. The van der Waals surface area contributed by atoms with Gasteiger partial charge in [0, 0.05) is 49.7 Å². The van der Waals surface area contributed by atoms with Crippen molar-refractivity contribution in [2.45, 2.75) is 6.42 Å². The third kappa shape index (κ3) is 4.49. The predicted octanol–water partition coefficient (Wildman–Crippen LogP) is 3.97. The molecule has 0 amide bonds. The monoisotopic (exact) mass is 433 g/mol. The van der Waals surface area contributed by atoms with Crippen molar-refractivity contribution >= 4 is 39.5 Å². The maximum Gasteiger partial charge on any atom is 0.344 e. The molecule has 0 bridgehead atoms. The molecule has 7 heteroatoms. The standard InChI is InChI=1S/C24H23N3O3S/c28-23-8-3-5-18-9-10-19(17-21(18)30-23)29-16-4-11-26-12-14-27(15-13-26)24-20-6-1-2-7-22(20)31-25-24/h1-2,5-10,17H,4,11-16H2. The largest absolute Gasteiger partial charge is 0.493 e. The Balaban J connectivity index is 1.08. The number of aromatic nitrogens is 1. The molecule has 0 saturated carbocycles. The first kappa shape index (κ1) is 19.8. The van der Waals surface area contributed by atoms with E-state index in [1.807, 2.05) is 12.1 Å². The molecule has 1 aromatic heterocycles. The van der Waals surface area contributed by atoms with Crippen molar-refractivity contribution < 1.29 is 14.3 Å². The summed E-state index contributed by atoms with van der Waals surface area (Å²) in [6, 6.07) is 14.0. The van der Waals surface area contributed by atoms with Gasteiger partial charge in [0.15, 0.2) is 0 Å². The van der Waals surface area contributed by atoms with Crippen LogP contribution in [0, 0.1) is 0 Å².